The van der Waals surface area contributed by atoms with Crippen LogP contribution in [0.2, 0.25) is 0 Å². The Morgan fingerprint density at radius 3 is 2.48 bits per heavy atom. The van der Waals surface area contributed by atoms with E-state index in [1.54, 1.807) is 53.4 Å². The fourth-order valence-electron chi connectivity index (χ4n) is 4.28. The van der Waals surface area contributed by atoms with Gasteiger partial charge in [0.15, 0.2) is 0 Å². The highest BCUT2D eigenvalue weighted by atomic mass is 16.5. The Morgan fingerprint density at radius 2 is 1.82 bits per heavy atom. The van der Waals surface area contributed by atoms with Gasteiger partial charge in [0.25, 0.3) is 5.91 Å². The molecule has 0 saturated carbocycles. The highest BCUT2D eigenvalue weighted by Crippen LogP contribution is 2.38. The molecule has 0 aromatic heterocycles. The van der Waals surface area contributed by atoms with Crippen molar-refractivity contribution in [2.24, 2.45) is 0 Å². The summed E-state index contributed by atoms with van der Waals surface area (Å²) in [5, 5.41) is 13.4. The Labute approximate surface area is 193 Å². The van der Waals surface area contributed by atoms with Crippen molar-refractivity contribution in [1.82, 2.24) is 4.90 Å². The number of nitrogens with zero attached hydrogens (tertiary/aromatic N) is 1. The Morgan fingerprint density at radius 1 is 1.12 bits per heavy atom. The molecule has 1 atom stereocenters. The standard InChI is InChI=1S/C26H28N2O5/c1-2-16-33-21-10-8-19(9-11-21)23-22(24(29)20-6-4-3-5-7-20)25(30)26(31)28(23)13-12-27-14-17-32-18-15-27/h2-11,23,29H,1,12-18H2. The van der Waals surface area contributed by atoms with Crippen LogP contribution in [0.4, 0.5) is 0 Å². The molecule has 0 bridgehead atoms. The van der Waals surface area contributed by atoms with E-state index >= 15 is 0 Å². The summed E-state index contributed by atoms with van der Waals surface area (Å²) >= 11 is 0. The van der Waals surface area contributed by atoms with Gasteiger partial charge >= 0.3 is 0 Å². The van der Waals surface area contributed by atoms with Gasteiger partial charge in [-0.1, -0.05) is 60.9 Å². The number of rotatable bonds is 8. The van der Waals surface area contributed by atoms with E-state index in [1.165, 1.54) is 4.90 Å². The maximum atomic E-state index is 13.4. The zero-order valence-electron chi connectivity index (χ0n) is 18.5. The van der Waals surface area contributed by atoms with Gasteiger partial charge in [0.05, 0.1) is 32.3 Å². The van der Waals surface area contributed by atoms with Crippen molar-refractivity contribution in [1.29, 1.82) is 0 Å². The fraction of sp³-hybridized carbons (Fsp3) is 0.308. The number of nitrogens with one attached hydrogen (secondary N) is 1. The molecule has 2 aromatic carbocycles. The van der Waals surface area contributed by atoms with Crippen LogP contribution in [-0.4, -0.2) is 62.6 Å². The number of morpholine rings is 1. The van der Waals surface area contributed by atoms with Gasteiger partial charge in [-0.3, -0.25) is 9.59 Å². The molecule has 7 nitrogen and oxygen atoms in total. The average Bonchev–Trinajstić information content (AvgIpc) is 3.12. The van der Waals surface area contributed by atoms with Crippen LogP contribution >= 0.6 is 0 Å². The van der Waals surface area contributed by atoms with Crippen molar-refractivity contribution in [2.45, 2.75) is 6.04 Å². The summed E-state index contributed by atoms with van der Waals surface area (Å²) in [7, 11) is 0. The number of carbonyl (C=O) groups is 2. The zero-order chi connectivity index (χ0) is 23.2. The van der Waals surface area contributed by atoms with E-state index < -0.39 is 23.5 Å². The monoisotopic (exact) mass is 448 g/mol. The molecule has 2 aliphatic rings. The summed E-state index contributed by atoms with van der Waals surface area (Å²) in [4.78, 5) is 29.0. The first-order valence-corrected chi connectivity index (χ1v) is 11.2. The lowest BCUT2D eigenvalue weighted by molar-refractivity contribution is -0.907. The predicted molar refractivity (Wildman–Crippen MR) is 121 cm³/mol. The summed E-state index contributed by atoms with van der Waals surface area (Å²) in [5.41, 5.74) is 1.10. The molecule has 0 radical (unpaired) electrons. The molecule has 2 aliphatic heterocycles. The molecule has 33 heavy (non-hydrogen) atoms. The SMILES string of the molecule is C=CCOc1ccc(C2C(=C([O-])c3ccccc3)C(=O)C(=O)N2CC[NH+]2CCOCC2)cc1. The van der Waals surface area contributed by atoms with Crippen LogP contribution in [0.1, 0.15) is 17.2 Å². The third kappa shape index (κ3) is 4.99. The van der Waals surface area contributed by atoms with Crippen molar-refractivity contribution in [3.8, 4) is 5.75 Å². The second-order valence-corrected chi connectivity index (χ2v) is 8.12. The molecule has 1 N–H and O–H groups in total. The number of ketones is 1. The molecule has 0 spiro atoms. The normalized spacial score (nSPS) is 20.7. The lowest BCUT2D eigenvalue weighted by Crippen LogP contribution is -3.14. The highest BCUT2D eigenvalue weighted by molar-refractivity contribution is 6.46. The van der Waals surface area contributed by atoms with E-state index in [0.717, 1.165) is 13.1 Å². The molecule has 2 heterocycles. The zero-order valence-corrected chi connectivity index (χ0v) is 18.5. The Hall–Kier alpha value is -3.42. The maximum absolute atomic E-state index is 13.4. The number of ether oxygens (including phenoxy) is 2. The number of likely N-dealkylation sites (tertiary alicyclic amines) is 1. The Bertz CT molecular complexity index is 1030. The largest absolute Gasteiger partial charge is 0.872 e. The molecule has 1 amide bonds. The minimum Gasteiger partial charge on any atom is -0.872 e. The van der Waals surface area contributed by atoms with Crippen molar-refractivity contribution in [2.75, 3.05) is 46.0 Å². The maximum Gasteiger partial charge on any atom is 0.295 e. The summed E-state index contributed by atoms with van der Waals surface area (Å²) in [6.45, 7) is 8.16. The predicted octanol–water partition coefficient (Wildman–Crippen LogP) is 0.391. The van der Waals surface area contributed by atoms with Crippen LogP contribution in [0.25, 0.3) is 5.76 Å². The van der Waals surface area contributed by atoms with Crippen LogP contribution in [0.15, 0.2) is 72.8 Å². The molecular formula is C26H28N2O5. The number of quaternary nitrogens is 1. The van der Waals surface area contributed by atoms with Crippen LogP contribution < -0.4 is 14.7 Å². The fourth-order valence-corrected chi connectivity index (χ4v) is 4.28. The van der Waals surface area contributed by atoms with E-state index in [9.17, 15) is 14.7 Å². The topological polar surface area (TPSA) is 83.3 Å². The number of hydrogen-bond acceptors (Lipinski definition) is 5. The summed E-state index contributed by atoms with van der Waals surface area (Å²) in [5.74, 6) is -1.11. The smallest absolute Gasteiger partial charge is 0.295 e. The van der Waals surface area contributed by atoms with Gasteiger partial charge in [0.2, 0.25) is 5.78 Å². The second kappa shape index (κ2) is 10.5. The van der Waals surface area contributed by atoms with Gasteiger partial charge in [0, 0.05) is 5.57 Å². The molecule has 1 unspecified atom stereocenters. The van der Waals surface area contributed by atoms with Crippen LogP contribution in [0.5, 0.6) is 5.75 Å². The van der Waals surface area contributed by atoms with E-state index in [-0.39, 0.29) is 5.57 Å². The molecule has 2 fully saturated rings. The minimum absolute atomic E-state index is 0.00272. The van der Waals surface area contributed by atoms with Gasteiger partial charge in [-0.2, -0.15) is 0 Å². The minimum atomic E-state index is -0.730. The molecule has 0 aliphatic carbocycles. The van der Waals surface area contributed by atoms with Gasteiger partial charge in [-0.25, -0.2) is 0 Å². The third-order valence-electron chi connectivity index (χ3n) is 6.04. The van der Waals surface area contributed by atoms with Crippen molar-refractivity contribution in [3.05, 3.63) is 84.0 Å². The van der Waals surface area contributed by atoms with Crippen molar-refractivity contribution in [3.63, 3.8) is 0 Å². The Balaban J connectivity index is 1.69. The first-order valence-electron chi connectivity index (χ1n) is 11.2. The summed E-state index contributed by atoms with van der Waals surface area (Å²) in [6, 6.07) is 15.1. The van der Waals surface area contributed by atoms with E-state index in [0.29, 0.717) is 49.8 Å². The molecule has 4 rings (SSSR count). The molecule has 7 heteroatoms. The number of hydrogen-bond donors (Lipinski definition) is 1. The van der Waals surface area contributed by atoms with Gasteiger partial charge in [0.1, 0.15) is 25.4 Å². The molecule has 2 saturated heterocycles. The number of amides is 1. The van der Waals surface area contributed by atoms with Crippen LogP contribution in [0, 0.1) is 0 Å². The number of benzene rings is 2. The van der Waals surface area contributed by atoms with E-state index in [1.807, 2.05) is 12.1 Å². The molecule has 172 valence electrons. The average molecular weight is 449 g/mol. The van der Waals surface area contributed by atoms with E-state index in [2.05, 4.69) is 6.58 Å². The van der Waals surface area contributed by atoms with E-state index in [4.69, 9.17) is 9.47 Å². The summed E-state index contributed by atoms with van der Waals surface area (Å²) in [6.07, 6.45) is 1.66. The van der Waals surface area contributed by atoms with Gasteiger partial charge in [-0.15, -0.1) is 0 Å². The van der Waals surface area contributed by atoms with Crippen LogP contribution in [0.3, 0.4) is 0 Å². The van der Waals surface area contributed by atoms with Gasteiger partial charge < -0.3 is 24.4 Å². The summed E-state index contributed by atoms with van der Waals surface area (Å²) < 4.78 is 11.0. The molecular weight excluding hydrogens is 420 g/mol. The highest BCUT2D eigenvalue weighted by Gasteiger charge is 2.44. The second-order valence-electron chi connectivity index (χ2n) is 8.12. The lowest BCUT2D eigenvalue weighted by Gasteiger charge is -2.30. The number of carbonyl (C=O) groups excluding carboxylic acids is 2. The first kappa shape index (κ1) is 22.8. The number of Topliss-reactive ketones (excluding diaryl/α,β-unsaturated/α-hetero) is 1. The van der Waals surface area contributed by atoms with Gasteiger partial charge in [-0.05, 0) is 23.3 Å². The lowest BCUT2D eigenvalue weighted by atomic mass is 9.95. The Kier molecular flexibility index (Phi) is 7.22. The third-order valence-corrected chi connectivity index (χ3v) is 6.04. The van der Waals surface area contributed by atoms with Crippen molar-refractivity contribution >= 4 is 17.4 Å². The van der Waals surface area contributed by atoms with Crippen LogP contribution in [-0.2, 0) is 14.3 Å². The van der Waals surface area contributed by atoms with Crippen molar-refractivity contribution < 1.29 is 29.1 Å². The quantitative estimate of drug-likeness (QED) is 0.273. The molecule has 2 aromatic rings. The first-order chi connectivity index (χ1) is 16.1.